The number of carbonyl (C=O) groups is 4. The van der Waals surface area contributed by atoms with Gasteiger partial charge in [-0.25, -0.2) is 4.79 Å². The van der Waals surface area contributed by atoms with Crippen LogP contribution in [-0.2, 0) is 35.1 Å². The molecule has 2 heterocycles. The second-order valence-electron chi connectivity index (χ2n) is 9.55. The number of hydrogen-bond acceptors (Lipinski definition) is 7. The molecule has 9 heteroatoms. The maximum atomic E-state index is 13.8. The van der Waals surface area contributed by atoms with Crippen molar-refractivity contribution in [2.75, 3.05) is 26.3 Å². The summed E-state index contributed by atoms with van der Waals surface area (Å²) in [6.45, 7) is 8.19. The molecule has 2 amide bonds. The zero-order chi connectivity index (χ0) is 26.2. The zero-order valence-electron chi connectivity index (χ0n) is 21.8. The van der Waals surface area contributed by atoms with E-state index >= 15 is 0 Å². The van der Waals surface area contributed by atoms with Crippen molar-refractivity contribution in [3.8, 4) is 0 Å². The molecule has 2 fully saturated rings. The minimum Gasteiger partial charge on any atom is -0.465 e. The van der Waals surface area contributed by atoms with Gasteiger partial charge in [0.1, 0.15) is 12.1 Å². The smallest absolute Gasteiger partial charge is 0.328 e. The summed E-state index contributed by atoms with van der Waals surface area (Å²) < 4.78 is 10.6. The molecule has 0 radical (unpaired) electrons. The Hall–Kier alpha value is -2.94. The number of amides is 2. The van der Waals surface area contributed by atoms with Crippen molar-refractivity contribution in [2.24, 2.45) is 5.92 Å². The van der Waals surface area contributed by atoms with Crippen LogP contribution in [0.15, 0.2) is 30.3 Å². The summed E-state index contributed by atoms with van der Waals surface area (Å²) >= 11 is 0. The number of piperidine rings is 1. The Balaban J connectivity index is 1.77. The highest BCUT2D eigenvalue weighted by molar-refractivity contribution is 5.89. The molecule has 0 unspecified atom stereocenters. The summed E-state index contributed by atoms with van der Waals surface area (Å²) in [5.74, 6) is -1.04. The van der Waals surface area contributed by atoms with Gasteiger partial charge in [-0.1, -0.05) is 30.3 Å². The highest BCUT2D eigenvalue weighted by Gasteiger charge is 2.50. The average molecular weight is 502 g/mol. The van der Waals surface area contributed by atoms with E-state index in [1.807, 2.05) is 30.3 Å². The normalized spacial score (nSPS) is 22.9. The molecule has 0 aliphatic carbocycles. The molecule has 0 aromatic heterocycles. The van der Waals surface area contributed by atoms with Crippen LogP contribution in [0.25, 0.3) is 0 Å². The number of aryl methyl sites for hydroxylation is 1. The molecule has 1 aromatic carbocycles. The number of ether oxygens (including phenoxy) is 2. The average Bonchev–Trinajstić information content (AvgIpc) is 3.25. The van der Waals surface area contributed by atoms with Gasteiger partial charge >= 0.3 is 11.9 Å². The Labute approximate surface area is 213 Å². The van der Waals surface area contributed by atoms with Crippen LogP contribution in [0.4, 0.5) is 0 Å². The topological polar surface area (TPSA) is 105 Å². The minimum absolute atomic E-state index is 0.0464. The molecular formula is C27H39N3O6. The van der Waals surface area contributed by atoms with E-state index < -0.39 is 30.1 Å². The van der Waals surface area contributed by atoms with E-state index in [0.29, 0.717) is 32.4 Å². The molecule has 36 heavy (non-hydrogen) atoms. The van der Waals surface area contributed by atoms with Gasteiger partial charge in [-0.3, -0.25) is 19.7 Å². The second kappa shape index (κ2) is 12.9. The van der Waals surface area contributed by atoms with Crippen LogP contribution in [0.5, 0.6) is 0 Å². The summed E-state index contributed by atoms with van der Waals surface area (Å²) in [6.07, 6.45) is 2.36. The van der Waals surface area contributed by atoms with Crippen molar-refractivity contribution < 1.29 is 28.7 Å². The number of carbonyl (C=O) groups excluding carboxylic acids is 4. The maximum absolute atomic E-state index is 13.8. The van der Waals surface area contributed by atoms with Crippen molar-refractivity contribution in [1.82, 2.24) is 15.1 Å². The summed E-state index contributed by atoms with van der Waals surface area (Å²) in [5, 5.41) is 3.17. The molecule has 0 saturated carbocycles. The van der Waals surface area contributed by atoms with Crippen LogP contribution in [0, 0.1) is 5.92 Å². The number of nitrogens with zero attached hydrogens (tertiary/aromatic N) is 2. The van der Waals surface area contributed by atoms with Gasteiger partial charge in [0.05, 0.1) is 25.3 Å². The maximum Gasteiger partial charge on any atom is 0.328 e. The first-order chi connectivity index (χ1) is 17.3. The van der Waals surface area contributed by atoms with Crippen molar-refractivity contribution in [3.63, 3.8) is 0 Å². The third kappa shape index (κ3) is 6.63. The van der Waals surface area contributed by atoms with Crippen LogP contribution in [0.3, 0.4) is 0 Å². The molecular weight excluding hydrogens is 462 g/mol. The number of hydrogen-bond donors (Lipinski definition) is 1. The summed E-state index contributed by atoms with van der Waals surface area (Å²) in [4.78, 5) is 54.7. The number of esters is 2. The highest BCUT2D eigenvalue weighted by Crippen LogP contribution is 2.37. The van der Waals surface area contributed by atoms with Gasteiger partial charge in [0.25, 0.3) is 0 Å². The third-order valence-corrected chi connectivity index (χ3v) is 7.16. The summed E-state index contributed by atoms with van der Waals surface area (Å²) in [6, 6.07) is 7.44. The van der Waals surface area contributed by atoms with Crippen molar-refractivity contribution >= 4 is 23.8 Å². The lowest BCUT2D eigenvalue weighted by molar-refractivity contribution is -0.156. The van der Waals surface area contributed by atoms with Gasteiger partial charge in [0.15, 0.2) is 0 Å². The number of nitrogens with one attached hydrogen (secondary N) is 1. The molecule has 5 atom stereocenters. The quantitative estimate of drug-likeness (QED) is 0.489. The van der Waals surface area contributed by atoms with E-state index in [0.717, 1.165) is 12.0 Å². The zero-order valence-corrected chi connectivity index (χ0v) is 21.8. The van der Waals surface area contributed by atoms with E-state index in [2.05, 4.69) is 5.32 Å². The molecule has 0 bridgehead atoms. The van der Waals surface area contributed by atoms with Gasteiger partial charge in [0.2, 0.25) is 11.8 Å². The Morgan fingerprint density at radius 2 is 1.78 bits per heavy atom. The summed E-state index contributed by atoms with van der Waals surface area (Å²) in [7, 11) is 0. The van der Waals surface area contributed by atoms with Crippen molar-refractivity contribution in [1.29, 1.82) is 0 Å². The van der Waals surface area contributed by atoms with Crippen molar-refractivity contribution in [3.05, 3.63) is 35.9 Å². The van der Waals surface area contributed by atoms with Crippen LogP contribution < -0.4 is 5.32 Å². The molecule has 3 rings (SSSR count). The summed E-state index contributed by atoms with van der Waals surface area (Å²) in [5.41, 5.74) is 1.09. The number of fused-ring (bicyclic) bond motifs is 1. The van der Waals surface area contributed by atoms with Gasteiger partial charge < -0.3 is 19.3 Å². The predicted molar refractivity (Wildman–Crippen MR) is 134 cm³/mol. The Kier molecular flexibility index (Phi) is 9.87. The first-order valence-corrected chi connectivity index (χ1v) is 13.0. The first-order valence-electron chi connectivity index (χ1n) is 13.0. The SMILES string of the molecule is CCOC(=O)[C@H]1C[C@H]2CCN(C(C)=O)C[C@@H]2N1C(=O)[C@@H](C)N[C@H](CCc1ccccc1)C(=O)OCC. The van der Waals surface area contributed by atoms with Crippen molar-refractivity contribution in [2.45, 2.75) is 77.5 Å². The molecule has 198 valence electrons. The number of rotatable bonds is 10. The number of likely N-dealkylation sites (tertiary alicyclic amines) is 2. The first kappa shape index (κ1) is 27.6. The second-order valence-corrected chi connectivity index (χ2v) is 9.55. The van der Waals surface area contributed by atoms with E-state index in [4.69, 9.17) is 9.47 Å². The predicted octanol–water partition coefficient (Wildman–Crippen LogP) is 1.93. The fourth-order valence-corrected chi connectivity index (χ4v) is 5.32. The Morgan fingerprint density at radius 1 is 1.08 bits per heavy atom. The number of benzene rings is 1. The monoisotopic (exact) mass is 501 g/mol. The Bertz CT molecular complexity index is 923. The molecule has 2 aliphatic heterocycles. The fourth-order valence-electron chi connectivity index (χ4n) is 5.32. The van der Waals surface area contributed by atoms with E-state index in [-0.39, 0.29) is 37.0 Å². The highest BCUT2D eigenvalue weighted by atomic mass is 16.5. The third-order valence-electron chi connectivity index (χ3n) is 7.16. The molecule has 2 aliphatic rings. The van der Waals surface area contributed by atoms with Crippen LogP contribution in [0.1, 0.15) is 52.5 Å². The largest absolute Gasteiger partial charge is 0.465 e. The molecule has 0 spiro atoms. The van der Waals surface area contributed by atoms with Crippen LogP contribution in [-0.4, -0.2) is 84.0 Å². The van der Waals surface area contributed by atoms with Gasteiger partial charge in [-0.05, 0) is 57.9 Å². The van der Waals surface area contributed by atoms with Crippen LogP contribution >= 0.6 is 0 Å². The lowest BCUT2D eigenvalue weighted by Gasteiger charge is -2.39. The lowest BCUT2D eigenvalue weighted by atomic mass is 9.91. The molecule has 1 N–H and O–H groups in total. The molecule has 1 aromatic rings. The van der Waals surface area contributed by atoms with E-state index in [9.17, 15) is 19.2 Å². The lowest BCUT2D eigenvalue weighted by Crippen LogP contribution is -2.58. The Morgan fingerprint density at radius 3 is 2.42 bits per heavy atom. The van der Waals surface area contributed by atoms with E-state index in [1.165, 1.54) is 6.92 Å². The fraction of sp³-hybridized carbons (Fsp3) is 0.630. The standard InChI is InChI=1S/C27H39N3O6/c1-5-35-26(33)22(13-12-20-10-8-7-9-11-20)28-18(3)25(32)30-23(27(34)36-6-2)16-21-14-15-29(19(4)31)17-24(21)30/h7-11,18,21-24,28H,5-6,12-17H2,1-4H3/t18-,21-,22-,23-,24+/m1/s1. The molecule has 9 nitrogen and oxygen atoms in total. The van der Waals surface area contributed by atoms with Gasteiger partial charge in [0, 0.05) is 20.0 Å². The molecule has 2 saturated heterocycles. The van der Waals surface area contributed by atoms with Gasteiger partial charge in [-0.2, -0.15) is 0 Å². The van der Waals surface area contributed by atoms with Gasteiger partial charge in [-0.15, -0.1) is 0 Å². The van der Waals surface area contributed by atoms with E-state index in [1.54, 1.807) is 30.6 Å². The minimum atomic E-state index is -0.737. The van der Waals surface area contributed by atoms with Crippen LogP contribution in [0.2, 0.25) is 0 Å².